The first-order chi connectivity index (χ1) is 14.2. The summed E-state index contributed by atoms with van der Waals surface area (Å²) in [6.07, 6.45) is 14.7. The molecule has 5 fully saturated rings. The van der Waals surface area contributed by atoms with Crippen LogP contribution < -0.4 is 10.9 Å². The molecule has 0 spiro atoms. The Bertz CT molecular complexity index is 694. The van der Waals surface area contributed by atoms with Gasteiger partial charge in [0, 0.05) is 5.54 Å². The SMILES string of the molecule is CNNC12CCCC1C1CCC3C(C)(CCC4C(C)(C)C(N=O)CCC43C)C1CC2. The molecule has 0 aromatic carbocycles. The van der Waals surface area contributed by atoms with Crippen LogP contribution in [-0.4, -0.2) is 18.6 Å². The van der Waals surface area contributed by atoms with Crippen molar-refractivity contribution in [2.24, 2.45) is 51.0 Å². The lowest BCUT2D eigenvalue weighted by atomic mass is 9.36. The van der Waals surface area contributed by atoms with Crippen LogP contribution in [0.4, 0.5) is 0 Å². The molecule has 5 aliphatic rings. The topological polar surface area (TPSA) is 53.5 Å². The zero-order valence-electron chi connectivity index (χ0n) is 20.1. The smallest absolute Gasteiger partial charge is 0.0973 e. The van der Waals surface area contributed by atoms with Crippen LogP contribution in [0.3, 0.4) is 0 Å². The van der Waals surface area contributed by atoms with Crippen molar-refractivity contribution in [3.8, 4) is 0 Å². The summed E-state index contributed by atoms with van der Waals surface area (Å²) in [5.41, 5.74) is 8.38. The van der Waals surface area contributed by atoms with Crippen molar-refractivity contribution < 1.29 is 0 Å². The predicted octanol–water partition coefficient (Wildman–Crippen LogP) is 6.06. The Balaban J connectivity index is 1.46. The number of nitrogens with one attached hydrogen (secondary N) is 2. The van der Waals surface area contributed by atoms with Gasteiger partial charge in [-0.05, 0) is 117 Å². The maximum Gasteiger partial charge on any atom is 0.0973 e. The number of rotatable bonds is 3. The molecule has 0 heterocycles. The average molecular weight is 416 g/mol. The Morgan fingerprint density at radius 2 is 1.53 bits per heavy atom. The second kappa shape index (κ2) is 7.01. The standard InChI is InChI=1S/C26H45N3O/c1-23(2)20-11-14-24(3)18-10-16-26(29-27-5)13-6-7-19(26)17(18)8-9-21(24)25(20,4)15-12-22(23)28-30/h17-22,27,29H,6-16H2,1-5H3. The summed E-state index contributed by atoms with van der Waals surface area (Å²) in [4.78, 5) is 11.6. The average Bonchev–Trinajstić information content (AvgIpc) is 3.11. The van der Waals surface area contributed by atoms with Crippen molar-refractivity contribution in [3.63, 3.8) is 0 Å². The van der Waals surface area contributed by atoms with Crippen LogP contribution in [-0.2, 0) is 0 Å². The van der Waals surface area contributed by atoms with Gasteiger partial charge in [0.25, 0.3) is 0 Å². The molecule has 5 aliphatic carbocycles. The van der Waals surface area contributed by atoms with E-state index in [1.165, 1.54) is 64.2 Å². The van der Waals surface area contributed by atoms with E-state index in [2.05, 4.69) is 50.8 Å². The molecule has 0 bridgehead atoms. The first-order valence-corrected chi connectivity index (χ1v) is 13.0. The minimum absolute atomic E-state index is 0.0117. The van der Waals surface area contributed by atoms with Gasteiger partial charge in [-0.2, -0.15) is 4.91 Å². The summed E-state index contributed by atoms with van der Waals surface area (Å²) < 4.78 is 0. The number of nitroso groups, excluding NO2 is 1. The van der Waals surface area contributed by atoms with Gasteiger partial charge in [-0.1, -0.05) is 39.3 Å². The van der Waals surface area contributed by atoms with E-state index in [4.69, 9.17) is 0 Å². The third-order valence-electron chi connectivity index (χ3n) is 12.0. The Morgan fingerprint density at radius 3 is 2.27 bits per heavy atom. The highest BCUT2D eigenvalue weighted by atomic mass is 16.3. The zero-order chi connectivity index (χ0) is 21.4. The highest BCUT2D eigenvalue weighted by molar-refractivity contribution is 5.16. The normalized spacial score (nSPS) is 54.4. The highest BCUT2D eigenvalue weighted by Crippen LogP contribution is 2.72. The summed E-state index contributed by atoms with van der Waals surface area (Å²) >= 11 is 0. The van der Waals surface area contributed by atoms with Crippen LogP contribution in [0.25, 0.3) is 0 Å². The molecule has 4 nitrogen and oxygen atoms in total. The van der Waals surface area contributed by atoms with Gasteiger partial charge in [-0.15, -0.1) is 0 Å². The lowest BCUT2D eigenvalue weighted by molar-refractivity contribution is -0.194. The molecule has 0 saturated heterocycles. The third kappa shape index (κ3) is 2.65. The molecular formula is C26H45N3O. The monoisotopic (exact) mass is 415 g/mol. The van der Waals surface area contributed by atoms with Crippen molar-refractivity contribution in [2.45, 2.75) is 110 Å². The molecule has 0 radical (unpaired) electrons. The maximum absolute atomic E-state index is 11.6. The number of hydrazine groups is 1. The first-order valence-electron chi connectivity index (χ1n) is 13.0. The molecule has 170 valence electrons. The second-order valence-corrected chi connectivity index (χ2v) is 13.1. The molecule has 30 heavy (non-hydrogen) atoms. The molecule has 9 unspecified atom stereocenters. The van der Waals surface area contributed by atoms with E-state index >= 15 is 0 Å². The van der Waals surface area contributed by atoms with Crippen LogP contribution in [0, 0.1) is 50.7 Å². The molecular weight excluding hydrogens is 370 g/mol. The Kier molecular flexibility index (Phi) is 4.99. The van der Waals surface area contributed by atoms with Gasteiger partial charge in [0.05, 0.1) is 6.04 Å². The number of hydrogen-bond donors (Lipinski definition) is 2. The van der Waals surface area contributed by atoms with Gasteiger partial charge in [0.2, 0.25) is 0 Å². The van der Waals surface area contributed by atoms with Crippen molar-refractivity contribution in [2.75, 3.05) is 7.05 Å². The molecule has 5 saturated carbocycles. The number of nitrogens with zero attached hydrogens (tertiary/aromatic N) is 1. The quantitative estimate of drug-likeness (QED) is 0.435. The third-order valence-corrected chi connectivity index (χ3v) is 12.0. The summed E-state index contributed by atoms with van der Waals surface area (Å²) in [5.74, 6) is 4.14. The lowest BCUT2D eigenvalue weighted by Gasteiger charge is -2.69. The van der Waals surface area contributed by atoms with Crippen LogP contribution >= 0.6 is 0 Å². The predicted molar refractivity (Wildman–Crippen MR) is 123 cm³/mol. The Morgan fingerprint density at radius 1 is 0.767 bits per heavy atom. The van der Waals surface area contributed by atoms with Gasteiger partial charge in [0.15, 0.2) is 0 Å². The fourth-order valence-corrected chi connectivity index (χ4v) is 10.9. The van der Waals surface area contributed by atoms with Crippen LogP contribution in [0.15, 0.2) is 5.18 Å². The summed E-state index contributed by atoms with van der Waals surface area (Å²) in [7, 11) is 2.06. The van der Waals surface area contributed by atoms with Crippen LogP contribution in [0.5, 0.6) is 0 Å². The molecule has 2 N–H and O–H groups in total. The fraction of sp³-hybridized carbons (Fsp3) is 1.00. The molecule has 4 heteroatoms. The van der Waals surface area contributed by atoms with Gasteiger partial charge in [-0.25, -0.2) is 0 Å². The lowest BCUT2D eigenvalue weighted by Crippen LogP contribution is -2.65. The van der Waals surface area contributed by atoms with Gasteiger partial charge >= 0.3 is 0 Å². The fourth-order valence-electron chi connectivity index (χ4n) is 10.9. The van der Waals surface area contributed by atoms with Crippen molar-refractivity contribution in [1.82, 2.24) is 10.9 Å². The van der Waals surface area contributed by atoms with E-state index in [-0.39, 0.29) is 11.5 Å². The summed E-state index contributed by atoms with van der Waals surface area (Å²) in [5, 5.41) is 3.61. The highest BCUT2D eigenvalue weighted by Gasteiger charge is 2.66. The van der Waals surface area contributed by atoms with E-state index in [9.17, 15) is 4.91 Å². The van der Waals surface area contributed by atoms with E-state index in [1.54, 1.807) is 0 Å². The number of hydrogen-bond acceptors (Lipinski definition) is 4. The van der Waals surface area contributed by atoms with E-state index in [0.717, 1.165) is 30.1 Å². The minimum Gasteiger partial charge on any atom is -0.260 e. The zero-order valence-corrected chi connectivity index (χ0v) is 20.1. The van der Waals surface area contributed by atoms with Gasteiger partial charge < -0.3 is 0 Å². The van der Waals surface area contributed by atoms with Crippen molar-refractivity contribution in [3.05, 3.63) is 4.91 Å². The van der Waals surface area contributed by atoms with E-state index in [0.29, 0.717) is 22.3 Å². The van der Waals surface area contributed by atoms with Crippen molar-refractivity contribution >= 4 is 0 Å². The Hall–Kier alpha value is -0.480. The molecule has 0 aromatic rings. The van der Waals surface area contributed by atoms with E-state index < -0.39 is 0 Å². The largest absolute Gasteiger partial charge is 0.260 e. The molecule has 0 aliphatic heterocycles. The second-order valence-electron chi connectivity index (χ2n) is 13.1. The summed E-state index contributed by atoms with van der Waals surface area (Å²) in [6.45, 7) is 10.0. The van der Waals surface area contributed by atoms with Crippen LogP contribution in [0.2, 0.25) is 0 Å². The van der Waals surface area contributed by atoms with Gasteiger partial charge in [-0.3, -0.25) is 10.9 Å². The van der Waals surface area contributed by atoms with Crippen molar-refractivity contribution in [1.29, 1.82) is 0 Å². The van der Waals surface area contributed by atoms with Gasteiger partial charge in [0.1, 0.15) is 0 Å². The number of fused-ring (bicyclic) bond motifs is 7. The minimum atomic E-state index is 0.0117. The maximum atomic E-state index is 11.6. The Labute approximate surface area is 184 Å². The van der Waals surface area contributed by atoms with E-state index in [1.807, 2.05) is 0 Å². The molecule has 0 amide bonds. The molecule has 0 aromatic heterocycles. The van der Waals surface area contributed by atoms with Crippen LogP contribution in [0.1, 0.15) is 98.3 Å². The molecule has 5 rings (SSSR count). The summed E-state index contributed by atoms with van der Waals surface area (Å²) in [6, 6.07) is 0.0117. The molecule has 9 atom stereocenters. The first kappa shape index (κ1) is 21.4.